The lowest BCUT2D eigenvalue weighted by Gasteiger charge is -2.19. The molecule has 1 aromatic heterocycles. The predicted molar refractivity (Wildman–Crippen MR) is 79.2 cm³/mol. The van der Waals surface area contributed by atoms with Crippen LogP contribution in [-0.4, -0.2) is 46.5 Å². The minimum atomic E-state index is -3.52. The first kappa shape index (κ1) is 17.2. The van der Waals surface area contributed by atoms with Crippen LogP contribution in [0.4, 0.5) is 0 Å². The van der Waals surface area contributed by atoms with E-state index in [0.29, 0.717) is 24.6 Å². The summed E-state index contributed by atoms with van der Waals surface area (Å²) in [6.07, 6.45) is 0. The fourth-order valence-corrected chi connectivity index (χ4v) is 2.94. The number of aryl methyl sites for hydroxylation is 1. The summed E-state index contributed by atoms with van der Waals surface area (Å²) >= 11 is 0. The number of rotatable bonds is 8. The SMILES string of the molecule is CCNCc1cc(S(=O)(=O)NCC(C)N(C)C)c(C)o1. The highest BCUT2D eigenvalue weighted by Crippen LogP contribution is 2.19. The van der Waals surface area contributed by atoms with Gasteiger partial charge in [-0.15, -0.1) is 0 Å². The smallest absolute Gasteiger partial charge is 0.244 e. The van der Waals surface area contributed by atoms with Gasteiger partial charge in [0.2, 0.25) is 10.0 Å². The lowest BCUT2D eigenvalue weighted by molar-refractivity contribution is 0.314. The van der Waals surface area contributed by atoms with Gasteiger partial charge in [0.1, 0.15) is 16.4 Å². The molecule has 0 fully saturated rings. The molecule has 1 rings (SSSR count). The molecule has 0 amide bonds. The molecule has 0 radical (unpaired) electrons. The molecule has 0 aliphatic rings. The fraction of sp³-hybridized carbons (Fsp3) is 0.692. The fourth-order valence-electron chi connectivity index (χ4n) is 1.62. The molecular formula is C13H25N3O3S. The van der Waals surface area contributed by atoms with Gasteiger partial charge >= 0.3 is 0 Å². The summed E-state index contributed by atoms with van der Waals surface area (Å²) in [5.74, 6) is 1.05. The Hall–Kier alpha value is -0.890. The van der Waals surface area contributed by atoms with E-state index in [0.717, 1.165) is 6.54 Å². The van der Waals surface area contributed by atoms with Gasteiger partial charge in [0.15, 0.2) is 0 Å². The molecule has 0 bridgehead atoms. The molecule has 2 N–H and O–H groups in total. The van der Waals surface area contributed by atoms with Gasteiger partial charge in [-0.3, -0.25) is 0 Å². The molecule has 116 valence electrons. The molecule has 0 aliphatic heterocycles. The van der Waals surface area contributed by atoms with Crippen molar-refractivity contribution in [2.45, 2.75) is 38.3 Å². The molecule has 0 saturated heterocycles. The quantitative estimate of drug-likeness (QED) is 0.747. The molecule has 6 nitrogen and oxygen atoms in total. The molecule has 0 aliphatic carbocycles. The minimum Gasteiger partial charge on any atom is -0.464 e. The largest absolute Gasteiger partial charge is 0.464 e. The van der Waals surface area contributed by atoms with Crippen molar-refractivity contribution in [3.8, 4) is 0 Å². The Labute approximate surface area is 121 Å². The summed E-state index contributed by atoms with van der Waals surface area (Å²) in [7, 11) is 0.305. The predicted octanol–water partition coefficient (Wildman–Crippen LogP) is 0.926. The van der Waals surface area contributed by atoms with Crippen LogP contribution in [0.3, 0.4) is 0 Å². The molecule has 1 aromatic rings. The van der Waals surface area contributed by atoms with Gasteiger partial charge in [-0.05, 0) is 34.5 Å². The monoisotopic (exact) mass is 303 g/mol. The Morgan fingerprint density at radius 3 is 2.60 bits per heavy atom. The van der Waals surface area contributed by atoms with Crippen molar-refractivity contribution in [3.05, 3.63) is 17.6 Å². The first-order chi connectivity index (χ1) is 9.27. The van der Waals surface area contributed by atoms with Crippen molar-refractivity contribution in [2.24, 2.45) is 0 Å². The number of nitrogens with zero attached hydrogens (tertiary/aromatic N) is 1. The van der Waals surface area contributed by atoms with Crippen molar-refractivity contribution in [3.63, 3.8) is 0 Å². The number of hydrogen-bond acceptors (Lipinski definition) is 5. The maximum absolute atomic E-state index is 12.3. The summed E-state index contributed by atoms with van der Waals surface area (Å²) in [6.45, 7) is 7.31. The van der Waals surface area contributed by atoms with Gasteiger partial charge in [-0.2, -0.15) is 0 Å². The van der Waals surface area contributed by atoms with E-state index in [9.17, 15) is 8.42 Å². The second kappa shape index (κ2) is 7.21. The summed E-state index contributed by atoms with van der Waals surface area (Å²) < 4.78 is 32.6. The van der Waals surface area contributed by atoms with E-state index in [2.05, 4.69) is 10.0 Å². The summed E-state index contributed by atoms with van der Waals surface area (Å²) in [6, 6.07) is 1.71. The number of sulfonamides is 1. The first-order valence-corrected chi connectivity index (χ1v) is 8.22. The lowest BCUT2D eigenvalue weighted by atomic mass is 10.3. The Kier molecular flexibility index (Phi) is 6.19. The standard InChI is InChI=1S/C13H25N3O3S/c1-6-14-9-12-7-13(11(3)19-12)20(17,18)15-8-10(2)16(4)5/h7,10,14-15H,6,8-9H2,1-5H3. The van der Waals surface area contributed by atoms with Gasteiger partial charge < -0.3 is 14.6 Å². The van der Waals surface area contributed by atoms with Crippen LogP contribution in [0.2, 0.25) is 0 Å². The van der Waals surface area contributed by atoms with Gasteiger partial charge in [-0.25, -0.2) is 13.1 Å². The van der Waals surface area contributed by atoms with E-state index in [1.807, 2.05) is 32.8 Å². The minimum absolute atomic E-state index is 0.123. The molecule has 1 atom stereocenters. The Balaban J connectivity index is 2.79. The van der Waals surface area contributed by atoms with Crippen molar-refractivity contribution < 1.29 is 12.8 Å². The maximum atomic E-state index is 12.3. The average molecular weight is 303 g/mol. The van der Waals surface area contributed by atoms with Crippen molar-refractivity contribution in [1.29, 1.82) is 0 Å². The van der Waals surface area contributed by atoms with Crippen molar-refractivity contribution >= 4 is 10.0 Å². The van der Waals surface area contributed by atoms with Crippen LogP contribution in [0.15, 0.2) is 15.4 Å². The van der Waals surface area contributed by atoms with E-state index >= 15 is 0 Å². The number of likely N-dealkylation sites (N-methyl/N-ethyl adjacent to an activating group) is 1. The highest BCUT2D eigenvalue weighted by molar-refractivity contribution is 7.89. The first-order valence-electron chi connectivity index (χ1n) is 6.74. The lowest BCUT2D eigenvalue weighted by Crippen LogP contribution is -2.38. The molecule has 1 heterocycles. The summed E-state index contributed by atoms with van der Waals surface area (Å²) in [5, 5.41) is 3.11. The van der Waals surface area contributed by atoms with Crippen LogP contribution < -0.4 is 10.0 Å². The highest BCUT2D eigenvalue weighted by atomic mass is 32.2. The molecule has 7 heteroatoms. The summed E-state index contributed by atoms with van der Waals surface area (Å²) in [4.78, 5) is 2.18. The van der Waals surface area contributed by atoms with E-state index in [4.69, 9.17) is 4.42 Å². The third kappa shape index (κ3) is 4.59. The molecule has 1 unspecified atom stereocenters. The molecule has 0 aromatic carbocycles. The van der Waals surface area contributed by atoms with Gasteiger partial charge in [0.25, 0.3) is 0 Å². The number of furan rings is 1. The molecule has 0 saturated carbocycles. The second-order valence-electron chi connectivity index (χ2n) is 5.08. The third-order valence-electron chi connectivity index (χ3n) is 3.21. The zero-order valence-electron chi connectivity index (χ0n) is 12.9. The van der Waals surface area contributed by atoms with Gasteiger partial charge in [-0.1, -0.05) is 6.92 Å². The third-order valence-corrected chi connectivity index (χ3v) is 4.74. The maximum Gasteiger partial charge on any atom is 0.244 e. The van der Waals surface area contributed by atoms with Crippen LogP contribution in [0, 0.1) is 6.92 Å². The average Bonchev–Trinajstić information content (AvgIpc) is 2.75. The molecule has 20 heavy (non-hydrogen) atoms. The number of nitrogens with one attached hydrogen (secondary N) is 2. The van der Waals surface area contributed by atoms with E-state index < -0.39 is 10.0 Å². The van der Waals surface area contributed by atoms with Crippen LogP contribution in [0.5, 0.6) is 0 Å². The Bertz CT molecular complexity index is 523. The normalized spacial score (nSPS) is 13.9. The molecule has 0 spiro atoms. The Morgan fingerprint density at radius 2 is 2.05 bits per heavy atom. The van der Waals surface area contributed by atoms with Gasteiger partial charge in [0.05, 0.1) is 6.54 Å². The zero-order valence-corrected chi connectivity index (χ0v) is 13.7. The van der Waals surface area contributed by atoms with E-state index in [1.54, 1.807) is 13.0 Å². The zero-order chi connectivity index (χ0) is 15.3. The van der Waals surface area contributed by atoms with Crippen molar-refractivity contribution in [1.82, 2.24) is 14.9 Å². The van der Waals surface area contributed by atoms with Crippen LogP contribution in [0.25, 0.3) is 0 Å². The van der Waals surface area contributed by atoms with Crippen LogP contribution >= 0.6 is 0 Å². The van der Waals surface area contributed by atoms with Crippen LogP contribution in [-0.2, 0) is 16.6 Å². The van der Waals surface area contributed by atoms with Crippen molar-refractivity contribution in [2.75, 3.05) is 27.2 Å². The summed E-state index contributed by atoms with van der Waals surface area (Å²) in [5.41, 5.74) is 0. The van der Waals surface area contributed by atoms with Crippen LogP contribution in [0.1, 0.15) is 25.4 Å². The van der Waals surface area contributed by atoms with Gasteiger partial charge in [0, 0.05) is 18.7 Å². The van der Waals surface area contributed by atoms with E-state index in [1.165, 1.54) is 0 Å². The molecular weight excluding hydrogens is 278 g/mol. The van der Waals surface area contributed by atoms with E-state index in [-0.39, 0.29) is 10.9 Å². The second-order valence-corrected chi connectivity index (χ2v) is 6.81. The topological polar surface area (TPSA) is 74.6 Å². The highest BCUT2D eigenvalue weighted by Gasteiger charge is 2.22. The number of hydrogen-bond donors (Lipinski definition) is 2. The Morgan fingerprint density at radius 1 is 1.40 bits per heavy atom.